The number of rotatable bonds is 6. The highest BCUT2D eigenvalue weighted by Gasteiger charge is 2.36. The largest absolute Gasteiger partial charge is 0.402 e. The van der Waals surface area contributed by atoms with E-state index in [0.717, 1.165) is 50.3 Å². The molecule has 4 fully saturated rings. The third-order valence-electron chi connectivity index (χ3n) is 7.84. The van der Waals surface area contributed by atoms with Crippen LogP contribution in [0.5, 0.6) is 0 Å². The molecule has 3 saturated heterocycles. The zero-order valence-corrected chi connectivity index (χ0v) is 26.9. The van der Waals surface area contributed by atoms with Gasteiger partial charge in [-0.3, -0.25) is 19.4 Å². The van der Waals surface area contributed by atoms with Gasteiger partial charge in [-0.05, 0) is 44.9 Å². The average molecular weight is 596 g/mol. The van der Waals surface area contributed by atoms with E-state index in [0.29, 0.717) is 54.4 Å². The van der Waals surface area contributed by atoms with Crippen LogP contribution in [0.1, 0.15) is 91.4 Å². The van der Waals surface area contributed by atoms with Gasteiger partial charge in [0.1, 0.15) is 0 Å². The van der Waals surface area contributed by atoms with E-state index in [1.54, 1.807) is 11.9 Å². The van der Waals surface area contributed by atoms with Crippen molar-refractivity contribution in [2.45, 2.75) is 103 Å². The van der Waals surface area contributed by atoms with Crippen LogP contribution in [0.3, 0.4) is 0 Å². The topological polar surface area (TPSA) is 146 Å². The number of nitrogens with one attached hydrogen (secondary N) is 2. The van der Waals surface area contributed by atoms with Gasteiger partial charge in [-0.25, -0.2) is 0 Å². The van der Waals surface area contributed by atoms with Crippen LogP contribution in [0.15, 0.2) is 17.3 Å². The molecule has 6 N–H and O–H groups in total. The predicted octanol–water partition coefficient (Wildman–Crippen LogP) is 3.42. The molecule has 11 heteroatoms. The Hall–Kier alpha value is -2.43. The van der Waals surface area contributed by atoms with Gasteiger partial charge in [-0.1, -0.05) is 52.5 Å². The van der Waals surface area contributed by atoms with Crippen molar-refractivity contribution in [3.63, 3.8) is 0 Å². The van der Waals surface area contributed by atoms with Gasteiger partial charge < -0.3 is 31.9 Å². The molecular weight excluding hydrogens is 538 g/mol. The smallest absolute Gasteiger partial charge is 0.241 e. The standard InChI is InChI=1S/C10H17N3O2.C8H13NOS.C7H14.C5H13N3/c1-8(11)9-2-4-13(5-3-9)10(15)6-12-7-14;1-6-5-11-8-4-2-3-7(10)9(6)8;1-7-5-3-2-4-6-7;1-3-4-8-5(6)7-2/h7,9H,1-6,11H2,(H,12,14);6,8H,2-5H2,1H3;7H,2-6H2,1H3;3-4H2,1-2H3,(H3,6,7,8). The molecule has 0 aromatic carbocycles. The summed E-state index contributed by atoms with van der Waals surface area (Å²) in [5, 5.41) is 5.79. The molecule has 41 heavy (non-hydrogen) atoms. The minimum Gasteiger partial charge on any atom is -0.402 e. The highest BCUT2D eigenvalue weighted by molar-refractivity contribution is 8.00. The molecule has 4 rings (SSSR count). The third kappa shape index (κ3) is 14.9. The Morgan fingerprint density at radius 1 is 1.10 bits per heavy atom. The number of allylic oxidation sites excluding steroid dienone is 1. The fourth-order valence-electron chi connectivity index (χ4n) is 5.26. The molecular formula is C30H57N7O3S. The van der Waals surface area contributed by atoms with Gasteiger partial charge in [0.05, 0.1) is 11.9 Å². The van der Waals surface area contributed by atoms with E-state index in [2.05, 4.69) is 47.9 Å². The number of fused-ring (bicyclic) bond motifs is 1. The zero-order chi connectivity index (χ0) is 30.6. The second kappa shape index (κ2) is 21.3. The molecule has 236 valence electrons. The van der Waals surface area contributed by atoms with Gasteiger partial charge in [0.15, 0.2) is 5.96 Å². The molecule has 10 nitrogen and oxygen atoms in total. The maximum absolute atomic E-state index is 11.5. The number of nitrogens with zero attached hydrogens (tertiary/aromatic N) is 3. The van der Waals surface area contributed by atoms with Crippen LogP contribution in [0, 0.1) is 11.8 Å². The summed E-state index contributed by atoms with van der Waals surface area (Å²) in [5.74, 6) is 3.35. The Bertz CT molecular complexity index is 810. The Labute approximate surface area is 252 Å². The number of amides is 3. The minimum atomic E-state index is -0.0387. The van der Waals surface area contributed by atoms with Crippen LogP contribution >= 0.6 is 11.8 Å². The van der Waals surface area contributed by atoms with Crippen molar-refractivity contribution in [3.05, 3.63) is 12.3 Å². The van der Waals surface area contributed by atoms with E-state index in [1.165, 1.54) is 38.5 Å². The average Bonchev–Trinajstić information content (AvgIpc) is 3.37. The Balaban J connectivity index is 0.000000286. The number of likely N-dealkylation sites (tertiary alicyclic amines) is 1. The van der Waals surface area contributed by atoms with Crippen molar-refractivity contribution < 1.29 is 14.4 Å². The van der Waals surface area contributed by atoms with Crippen molar-refractivity contribution >= 4 is 35.9 Å². The second-order valence-electron chi connectivity index (χ2n) is 11.3. The number of guanidine groups is 1. The van der Waals surface area contributed by atoms with Crippen LogP contribution in [-0.4, -0.2) is 84.4 Å². The molecule has 0 spiro atoms. The number of hydrogen-bond donors (Lipinski definition) is 4. The van der Waals surface area contributed by atoms with Gasteiger partial charge in [0.2, 0.25) is 18.2 Å². The molecule has 4 aliphatic rings. The van der Waals surface area contributed by atoms with Gasteiger partial charge in [0, 0.05) is 56.5 Å². The first-order chi connectivity index (χ1) is 19.6. The summed E-state index contributed by atoms with van der Waals surface area (Å²) in [6.45, 7) is 12.7. The Morgan fingerprint density at radius 3 is 2.24 bits per heavy atom. The summed E-state index contributed by atoms with van der Waals surface area (Å²) in [6, 6.07) is 0.484. The summed E-state index contributed by atoms with van der Waals surface area (Å²) < 4.78 is 0. The van der Waals surface area contributed by atoms with Crippen LogP contribution in [0.4, 0.5) is 0 Å². The SMILES string of the molecule is C=C(N)C1CCN(C(=O)CNC=O)CC1.CC1CCCCC1.CC1CSC2CCCC(=O)N12.CCCNC(N)=NC. The zero-order valence-electron chi connectivity index (χ0n) is 26.0. The monoisotopic (exact) mass is 595 g/mol. The van der Waals surface area contributed by atoms with Crippen LogP contribution in [0.2, 0.25) is 0 Å². The number of hydrogen-bond acceptors (Lipinski definition) is 6. The normalized spacial score (nSPS) is 22.9. The van der Waals surface area contributed by atoms with Gasteiger partial charge in [-0.2, -0.15) is 0 Å². The lowest BCUT2D eigenvalue weighted by Crippen LogP contribution is -2.43. The van der Waals surface area contributed by atoms with E-state index in [1.807, 2.05) is 11.8 Å². The van der Waals surface area contributed by atoms with E-state index >= 15 is 0 Å². The molecule has 2 atom stereocenters. The van der Waals surface area contributed by atoms with Crippen LogP contribution < -0.4 is 22.1 Å². The highest BCUT2D eigenvalue weighted by Crippen LogP contribution is 2.35. The lowest BCUT2D eigenvalue weighted by Gasteiger charge is -2.31. The number of carbonyl (C=O) groups excluding carboxylic acids is 3. The minimum absolute atomic E-state index is 0.0387. The Morgan fingerprint density at radius 2 is 1.76 bits per heavy atom. The number of aliphatic imine (C=N–C) groups is 1. The maximum Gasteiger partial charge on any atom is 0.241 e. The van der Waals surface area contributed by atoms with Crippen molar-refractivity contribution in [1.29, 1.82) is 0 Å². The molecule has 3 amide bonds. The van der Waals surface area contributed by atoms with Crippen molar-refractivity contribution in [1.82, 2.24) is 20.4 Å². The van der Waals surface area contributed by atoms with Crippen LogP contribution in [-0.2, 0) is 14.4 Å². The summed E-state index contributed by atoms with van der Waals surface area (Å²) in [6.07, 6.45) is 13.9. The number of piperidine rings is 2. The first-order valence-electron chi connectivity index (χ1n) is 15.4. The highest BCUT2D eigenvalue weighted by atomic mass is 32.2. The molecule has 0 bridgehead atoms. The van der Waals surface area contributed by atoms with E-state index < -0.39 is 0 Å². The lowest BCUT2D eigenvalue weighted by atomic mass is 9.91. The second-order valence-corrected chi connectivity index (χ2v) is 12.5. The number of nitrogens with two attached hydrogens (primary N) is 2. The van der Waals surface area contributed by atoms with Crippen molar-refractivity contribution in [2.75, 3.05) is 39.0 Å². The molecule has 0 aromatic heterocycles. The van der Waals surface area contributed by atoms with E-state index in [9.17, 15) is 14.4 Å². The van der Waals surface area contributed by atoms with Crippen molar-refractivity contribution in [2.24, 2.45) is 28.3 Å². The van der Waals surface area contributed by atoms with E-state index in [4.69, 9.17) is 11.5 Å². The summed E-state index contributed by atoms with van der Waals surface area (Å²) in [5.41, 5.74) is 11.6. The molecule has 1 saturated carbocycles. The summed E-state index contributed by atoms with van der Waals surface area (Å²) in [7, 11) is 1.66. The van der Waals surface area contributed by atoms with Gasteiger partial charge in [-0.15, -0.1) is 11.8 Å². The predicted molar refractivity (Wildman–Crippen MR) is 171 cm³/mol. The van der Waals surface area contributed by atoms with Gasteiger partial charge >= 0.3 is 0 Å². The summed E-state index contributed by atoms with van der Waals surface area (Å²) in [4.78, 5) is 40.4. The fourth-order valence-corrected chi connectivity index (χ4v) is 6.74. The Kier molecular flexibility index (Phi) is 19.0. The molecule has 0 radical (unpaired) electrons. The third-order valence-corrected chi connectivity index (χ3v) is 9.37. The first-order valence-corrected chi connectivity index (χ1v) is 16.5. The number of thioether (sulfide) groups is 1. The molecule has 2 unspecified atom stereocenters. The molecule has 3 aliphatic heterocycles. The van der Waals surface area contributed by atoms with Crippen molar-refractivity contribution in [3.8, 4) is 0 Å². The summed E-state index contributed by atoms with van der Waals surface area (Å²) >= 11 is 1.94. The lowest BCUT2D eigenvalue weighted by molar-refractivity contribution is -0.135. The number of carbonyl (C=O) groups is 3. The fraction of sp³-hybridized carbons (Fsp3) is 0.800. The molecule has 3 heterocycles. The quantitative estimate of drug-likeness (QED) is 0.209. The first kappa shape index (κ1) is 36.6. The van der Waals surface area contributed by atoms with Gasteiger partial charge in [0.25, 0.3) is 0 Å². The van der Waals surface area contributed by atoms with E-state index in [-0.39, 0.29) is 12.5 Å². The van der Waals surface area contributed by atoms with Crippen LogP contribution in [0.25, 0.3) is 0 Å². The maximum atomic E-state index is 11.5. The molecule has 0 aromatic rings. The molecule has 1 aliphatic carbocycles.